The standard InChI is InChI=1S/C4H6O5Si/c1-2-8-4(5)3-9-10(6)7/h2,6H,1,3H2. The normalized spacial score (nSPS) is 8.00. The van der Waals surface area contributed by atoms with E-state index in [1.165, 1.54) is 0 Å². The minimum atomic E-state index is -3.03. The molecule has 0 rings (SSSR count). The van der Waals surface area contributed by atoms with Gasteiger partial charge in [-0.25, -0.2) is 4.79 Å². The molecule has 0 saturated carbocycles. The fourth-order valence-electron chi connectivity index (χ4n) is 0.248. The van der Waals surface area contributed by atoms with Crippen LogP contribution in [0, 0.1) is 0 Å². The summed E-state index contributed by atoms with van der Waals surface area (Å²) in [5.74, 6) is -0.748. The first-order valence-corrected chi connectivity index (χ1v) is 3.59. The molecule has 0 aromatic heterocycles. The number of ether oxygens (including phenoxy) is 1. The summed E-state index contributed by atoms with van der Waals surface area (Å²) >= 11 is 0. The molecule has 0 saturated heterocycles. The van der Waals surface area contributed by atoms with E-state index >= 15 is 0 Å². The highest BCUT2D eigenvalue weighted by atomic mass is 28.3. The van der Waals surface area contributed by atoms with Gasteiger partial charge >= 0.3 is 15.1 Å². The maximum Gasteiger partial charge on any atom is 0.765 e. The van der Waals surface area contributed by atoms with Crippen molar-refractivity contribution in [3.05, 3.63) is 12.8 Å². The van der Waals surface area contributed by atoms with Gasteiger partial charge in [0.15, 0.2) is 6.61 Å². The van der Waals surface area contributed by atoms with Gasteiger partial charge in [0.2, 0.25) is 0 Å². The molecule has 0 radical (unpaired) electrons. The lowest BCUT2D eigenvalue weighted by Crippen LogP contribution is -2.15. The van der Waals surface area contributed by atoms with Crippen LogP contribution in [0.1, 0.15) is 0 Å². The third-order valence-electron chi connectivity index (χ3n) is 0.528. The summed E-state index contributed by atoms with van der Waals surface area (Å²) < 4.78 is 18.0. The quantitative estimate of drug-likeness (QED) is 0.329. The van der Waals surface area contributed by atoms with Crippen molar-refractivity contribution >= 4 is 15.1 Å². The first-order valence-electron chi connectivity index (χ1n) is 2.33. The molecule has 0 aromatic carbocycles. The highest BCUT2D eigenvalue weighted by molar-refractivity contribution is 6.24. The summed E-state index contributed by atoms with van der Waals surface area (Å²) in [6.45, 7) is 2.57. The van der Waals surface area contributed by atoms with Gasteiger partial charge in [-0.1, -0.05) is 6.58 Å². The molecule has 10 heavy (non-hydrogen) atoms. The van der Waals surface area contributed by atoms with Crippen LogP contribution in [-0.2, 0) is 18.4 Å². The lowest BCUT2D eigenvalue weighted by molar-refractivity contribution is -0.140. The number of hydrogen-bond acceptors (Lipinski definition) is 4. The Morgan fingerprint density at radius 2 is 2.40 bits per heavy atom. The molecule has 0 aliphatic rings. The Balaban J connectivity index is 3.39. The third-order valence-corrected chi connectivity index (χ3v) is 0.920. The fraction of sp³-hybridized carbons (Fsp3) is 0.250. The molecule has 0 heterocycles. The molecule has 0 fully saturated rings. The molecule has 0 atom stereocenters. The molecule has 0 aromatic rings. The second-order valence-electron chi connectivity index (χ2n) is 1.21. The molecular weight excluding hydrogens is 156 g/mol. The Morgan fingerprint density at radius 1 is 1.80 bits per heavy atom. The predicted octanol–water partition coefficient (Wildman–Crippen LogP) is -0.903. The fourth-order valence-corrected chi connectivity index (χ4v) is 0.489. The zero-order valence-electron chi connectivity index (χ0n) is 5.07. The Labute approximate surface area is 58.8 Å². The van der Waals surface area contributed by atoms with Crippen molar-refractivity contribution in [2.45, 2.75) is 0 Å². The third kappa shape index (κ3) is 4.97. The molecule has 0 unspecified atom stereocenters. The average Bonchev–Trinajstić information content (AvgIpc) is 1.85. The van der Waals surface area contributed by atoms with Gasteiger partial charge in [0, 0.05) is 0 Å². The molecule has 1 N–H and O–H groups in total. The van der Waals surface area contributed by atoms with Crippen molar-refractivity contribution in [3.8, 4) is 0 Å². The summed E-state index contributed by atoms with van der Waals surface area (Å²) in [5.41, 5.74) is 0. The van der Waals surface area contributed by atoms with Gasteiger partial charge in [-0.05, 0) is 0 Å². The van der Waals surface area contributed by atoms with E-state index in [2.05, 4.69) is 15.7 Å². The van der Waals surface area contributed by atoms with Crippen molar-refractivity contribution in [1.29, 1.82) is 0 Å². The van der Waals surface area contributed by atoms with Crippen LogP contribution in [-0.4, -0.2) is 26.5 Å². The predicted molar refractivity (Wildman–Crippen MR) is 30.9 cm³/mol. The largest absolute Gasteiger partial charge is 0.765 e. The number of carbonyl (C=O) groups excluding carboxylic acids is 1. The first kappa shape index (κ1) is 8.83. The Hall–Kier alpha value is -1.17. The minimum Gasteiger partial charge on any atom is -0.511 e. The summed E-state index contributed by atoms with van der Waals surface area (Å²) in [4.78, 5) is 18.4. The van der Waals surface area contributed by atoms with E-state index in [1.807, 2.05) is 0 Å². The molecule has 0 amide bonds. The van der Waals surface area contributed by atoms with Gasteiger partial charge in [-0.3, -0.25) is 4.46 Å². The van der Waals surface area contributed by atoms with E-state index < -0.39 is 21.7 Å². The number of hydrogen-bond donors (Lipinski definition) is 1. The van der Waals surface area contributed by atoms with Crippen LogP contribution >= 0.6 is 0 Å². The van der Waals surface area contributed by atoms with Crippen LogP contribution in [0.5, 0.6) is 0 Å². The molecule has 0 aliphatic carbocycles. The van der Waals surface area contributed by atoms with E-state index in [0.29, 0.717) is 0 Å². The highest BCUT2D eigenvalue weighted by Crippen LogP contribution is 1.79. The summed E-state index contributed by atoms with van der Waals surface area (Å²) in [6, 6.07) is 0. The van der Waals surface area contributed by atoms with Crippen LogP contribution in [0.2, 0.25) is 0 Å². The summed E-state index contributed by atoms with van der Waals surface area (Å²) in [6.07, 6.45) is 0.917. The minimum absolute atomic E-state index is 0.527. The van der Waals surface area contributed by atoms with Crippen molar-refractivity contribution in [1.82, 2.24) is 0 Å². The number of rotatable bonds is 4. The van der Waals surface area contributed by atoms with Crippen molar-refractivity contribution in [2.24, 2.45) is 0 Å². The first-order chi connectivity index (χ1) is 4.66. The van der Waals surface area contributed by atoms with Gasteiger partial charge in [-0.15, -0.1) is 0 Å². The SMILES string of the molecule is C=COC(=O)CO[Si](=O)O. The van der Waals surface area contributed by atoms with Gasteiger partial charge in [0.1, 0.15) is 0 Å². The van der Waals surface area contributed by atoms with Crippen LogP contribution < -0.4 is 0 Å². The smallest absolute Gasteiger partial charge is 0.511 e. The van der Waals surface area contributed by atoms with Crippen LogP contribution in [0.3, 0.4) is 0 Å². The topological polar surface area (TPSA) is 72.8 Å². The maximum atomic E-state index is 10.3. The number of esters is 1. The van der Waals surface area contributed by atoms with E-state index in [9.17, 15) is 9.26 Å². The second-order valence-corrected chi connectivity index (χ2v) is 2.03. The molecule has 0 aliphatic heterocycles. The second kappa shape index (κ2) is 4.68. The zero-order chi connectivity index (χ0) is 7.98. The van der Waals surface area contributed by atoms with Crippen molar-refractivity contribution < 1.29 is 23.2 Å². The van der Waals surface area contributed by atoms with Crippen molar-refractivity contribution in [2.75, 3.05) is 6.61 Å². The van der Waals surface area contributed by atoms with E-state index in [4.69, 9.17) is 4.80 Å². The van der Waals surface area contributed by atoms with Gasteiger partial charge in [0.05, 0.1) is 6.26 Å². The number of carbonyl (C=O) groups is 1. The molecule has 0 spiro atoms. The lowest BCUT2D eigenvalue weighted by Gasteiger charge is -1.96. The zero-order valence-corrected chi connectivity index (χ0v) is 6.07. The van der Waals surface area contributed by atoms with Crippen LogP contribution in [0.15, 0.2) is 12.8 Å². The lowest BCUT2D eigenvalue weighted by atomic mass is 10.7. The van der Waals surface area contributed by atoms with Crippen molar-refractivity contribution in [3.63, 3.8) is 0 Å². The Kier molecular flexibility index (Phi) is 4.13. The average molecular weight is 162 g/mol. The molecule has 5 nitrogen and oxygen atoms in total. The Bertz CT molecular complexity index is 154. The van der Waals surface area contributed by atoms with Crippen LogP contribution in [0.25, 0.3) is 0 Å². The van der Waals surface area contributed by atoms with E-state index in [-0.39, 0.29) is 0 Å². The van der Waals surface area contributed by atoms with Gasteiger partial charge < -0.3 is 14.0 Å². The monoisotopic (exact) mass is 162 g/mol. The van der Waals surface area contributed by atoms with E-state index in [0.717, 1.165) is 6.26 Å². The van der Waals surface area contributed by atoms with Gasteiger partial charge in [0.25, 0.3) is 0 Å². The van der Waals surface area contributed by atoms with E-state index in [1.54, 1.807) is 0 Å². The van der Waals surface area contributed by atoms with Crippen LogP contribution in [0.4, 0.5) is 0 Å². The highest BCUT2D eigenvalue weighted by Gasteiger charge is 2.07. The summed E-state index contributed by atoms with van der Waals surface area (Å²) in [5, 5.41) is 0. The molecular formula is C4H6O5Si. The Morgan fingerprint density at radius 3 is 2.80 bits per heavy atom. The van der Waals surface area contributed by atoms with Gasteiger partial charge in [-0.2, -0.15) is 0 Å². The molecule has 56 valence electrons. The summed E-state index contributed by atoms with van der Waals surface area (Å²) in [7, 11) is -3.03. The maximum absolute atomic E-state index is 10.3. The molecule has 0 bridgehead atoms. The molecule has 6 heteroatoms.